The van der Waals surface area contributed by atoms with Crippen molar-refractivity contribution in [3.63, 3.8) is 0 Å². The molecule has 0 radical (unpaired) electrons. The number of pyridine rings is 1. The maximum absolute atomic E-state index is 13.4. The Kier molecular flexibility index (Phi) is 8.34. The molecule has 8 heteroatoms. The fourth-order valence-corrected chi connectivity index (χ4v) is 5.63. The summed E-state index contributed by atoms with van der Waals surface area (Å²) in [6, 6.07) is 10.3. The number of piperazine rings is 1. The van der Waals surface area contributed by atoms with Crippen LogP contribution in [0.1, 0.15) is 35.4 Å². The first-order valence-electron chi connectivity index (χ1n) is 12.1. The van der Waals surface area contributed by atoms with Gasteiger partial charge in [0.1, 0.15) is 5.82 Å². The number of hydrogen-bond donors (Lipinski definition) is 1. The second kappa shape index (κ2) is 11.6. The van der Waals surface area contributed by atoms with E-state index in [1.165, 1.54) is 9.75 Å². The molecule has 2 saturated heterocycles. The summed E-state index contributed by atoms with van der Waals surface area (Å²) in [4.78, 5) is 39.4. The number of nitrogens with one attached hydrogen (secondary N) is 1. The average molecular weight is 470 g/mol. The minimum Gasteiger partial charge on any atom is -0.356 e. The van der Waals surface area contributed by atoms with Gasteiger partial charge in [-0.2, -0.15) is 0 Å². The molecule has 2 aliphatic heterocycles. The smallest absolute Gasteiger partial charge is 0.225 e. The molecule has 33 heavy (non-hydrogen) atoms. The highest BCUT2D eigenvalue weighted by Crippen LogP contribution is 2.21. The van der Waals surface area contributed by atoms with Crippen LogP contribution in [-0.2, 0) is 16.1 Å². The number of aromatic nitrogens is 1. The van der Waals surface area contributed by atoms with Crippen molar-refractivity contribution in [3.05, 3.63) is 46.3 Å². The van der Waals surface area contributed by atoms with Crippen LogP contribution in [0, 0.1) is 12.8 Å². The first kappa shape index (κ1) is 23.7. The molecule has 0 bridgehead atoms. The lowest BCUT2D eigenvalue weighted by Gasteiger charge is -2.37. The highest BCUT2D eigenvalue weighted by molar-refractivity contribution is 7.11. The third-order valence-corrected chi connectivity index (χ3v) is 7.57. The predicted octanol–water partition coefficient (Wildman–Crippen LogP) is 2.91. The van der Waals surface area contributed by atoms with E-state index in [4.69, 9.17) is 0 Å². The van der Waals surface area contributed by atoms with Crippen LogP contribution in [0.2, 0.25) is 0 Å². The van der Waals surface area contributed by atoms with E-state index >= 15 is 0 Å². The van der Waals surface area contributed by atoms with Crippen LogP contribution in [0.5, 0.6) is 0 Å². The molecule has 1 atom stereocenters. The van der Waals surface area contributed by atoms with E-state index < -0.39 is 0 Å². The van der Waals surface area contributed by atoms with Crippen molar-refractivity contribution in [2.45, 2.75) is 39.2 Å². The third kappa shape index (κ3) is 6.77. The first-order chi connectivity index (χ1) is 16.1. The lowest BCUT2D eigenvalue weighted by molar-refractivity contribution is -0.136. The highest BCUT2D eigenvalue weighted by Gasteiger charge is 2.28. The Bertz CT molecular complexity index is 911. The number of nitrogens with zero attached hydrogens (tertiary/aromatic N) is 4. The molecule has 2 fully saturated rings. The molecular weight excluding hydrogens is 434 g/mol. The van der Waals surface area contributed by atoms with Crippen molar-refractivity contribution in [2.75, 3.05) is 50.7 Å². The summed E-state index contributed by atoms with van der Waals surface area (Å²) in [6.45, 7) is 8.32. The molecule has 2 aromatic heterocycles. The van der Waals surface area contributed by atoms with Crippen molar-refractivity contribution in [1.29, 1.82) is 0 Å². The highest BCUT2D eigenvalue weighted by atomic mass is 32.1. The molecule has 0 saturated carbocycles. The quantitative estimate of drug-likeness (QED) is 0.746. The van der Waals surface area contributed by atoms with E-state index in [0.717, 1.165) is 70.9 Å². The Balaban J connectivity index is 1.33. The van der Waals surface area contributed by atoms with E-state index in [0.29, 0.717) is 13.0 Å². The molecule has 2 amide bonds. The third-order valence-electron chi connectivity index (χ3n) is 6.59. The number of rotatable bonds is 4. The maximum atomic E-state index is 13.4. The molecule has 1 N–H and O–H groups in total. The zero-order chi connectivity index (χ0) is 23.0. The van der Waals surface area contributed by atoms with E-state index in [2.05, 4.69) is 39.2 Å². The minimum absolute atomic E-state index is 0.0318. The topological polar surface area (TPSA) is 68.8 Å². The Morgan fingerprint density at radius 2 is 1.94 bits per heavy atom. The molecule has 0 aromatic carbocycles. The Labute approximate surface area is 200 Å². The van der Waals surface area contributed by atoms with Gasteiger partial charge in [-0.25, -0.2) is 4.98 Å². The number of amides is 2. The van der Waals surface area contributed by atoms with Crippen molar-refractivity contribution >= 4 is 29.0 Å². The Morgan fingerprint density at radius 1 is 1.09 bits per heavy atom. The summed E-state index contributed by atoms with van der Waals surface area (Å²) in [7, 11) is 0. The van der Waals surface area contributed by atoms with Crippen LogP contribution in [0.25, 0.3) is 0 Å². The van der Waals surface area contributed by atoms with Gasteiger partial charge in [0.05, 0.1) is 0 Å². The average Bonchev–Trinajstić information content (AvgIpc) is 3.24. The van der Waals surface area contributed by atoms with Gasteiger partial charge in [-0.3, -0.25) is 14.5 Å². The minimum atomic E-state index is -0.0318. The van der Waals surface area contributed by atoms with Crippen molar-refractivity contribution in [2.24, 2.45) is 5.92 Å². The summed E-state index contributed by atoms with van der Waals surface area (Å²) in [5.74, 6) is 1.27. The van der Waals surface area contributed by atoms with Gasteiger partial charge in [-0.05, 0) is 57.0 Å². The second-order valence-corrected chi connectivity index (χ2v) is 10.4. The SMILES string of the molecule is Cc1ccc(CN2CCCC(C(=O)N3CCN(c4ccccn4)CC3)CCNC(=O)CC2)s1. The molecular formula is C25H35N5O2S. The molecule has 4 heterocycles. The maximum Gasteiger partial charge on any atom is 0.225 e. The molecule has 0 spiro atoms. The van der Waals surface area contributed by atoms with Gasteiger partial charge in [-0.1, -0.05) is 6.07 Å². The molecule has 4 rings (SSSR count). The number of aryl methyl sites for hydroxylation is 1. The van der Waals surface area contributed by atoms with Crippen LogP contribution < -0.4 is 10.2 Å². The number of thiophene rings is 1. The fraction of sp³-hybridized carbons (Fsp3) is 0.560. The summed E-state index contributed by atoms with van der Waals surface area (Å²) in [5, 5.41) is 3.03. The van der Waals surface area contributed by atoms with Gasteiger partial charge >= 0.3 is 0 Å². The van der Waals surface area contributed by atoms with Crippen molar-refractivity contribution in [1.82, 2.24) is 20.1 Å². The predicted molar refractivity (Wildman–Crippen MR) is 132 cm³/mol. The monoisotopic (exact) mass is 469 g/mol. The number of carbonyl (C=O) groups excluding carboxylic acids is 2. The Morgan fingerprint density at radius 3 is 2.67 bits per heavy atom. The van der Waals surface area contributed by atoms with Crippen molar-refractivity contribution < 1.29 is 9.59 Å². The van der Waals surface area contributed by atoms with Crippen LogP contribution in [-0.4, -0.2) is 72.4 Å². The summed E-state index contributed by atoms with van der Waals surface area (Å²) in [6.07, 6.45) is 4.89. The van der Waals surface area contributed by atoms with E-state index in [9.17, 15) is 9.59 Å². The van der Waals surface area contributed by atoms with Gasteiger partial charge in [0.2, 0.25) is 11.8 Å². The van der Waals surface area contributed by atoms with Crippen LogP contribution in [0.3, 0.4) is 0 Å². The zero-order valence-corrected chi connectivity index (χ0v) is 20.4. The molecule has 7 nitrogen and oxygen atoms in total. The van der Waals surface area contributed by atoms with Gasteiger partial charge in [0.25, 0.3) is 0 Å². The summed E-state index contributed by atoms with van der Waals surface area (Å²) in [5.41, 5.74) is 0. The van der Waals surface area contributed by atoms with E-state index in [-0.39, 0.29) is 17.7 Å². The second-order valence-electron chi connectivity index (χ2n) is 9.02. The molecule has 2 aliphatic rings. The van der Waals surface area contributed by atoms with Gasteiger partial charge in [-0.15, -0.1) is 11.3 Å². The Hall–Kier alpha value is -2.45. The number of hydrogen-bond acceptors (Lipinski definition) is 6. The van der Waals surface area contributed by atoms with Crippen molar-refractivity contribution in [3.8, 4) is 0 Å². The standard InChI is InChI=1S/C25H35N5O2S/c1-20-7-8-22(33-20)19-28-13-4-5-21(9-12-27-24(31)10-14-28)25(32)30-17-15-29(16-18-30)23-6-2-3-11-26-23/h2-3,6-8,11,21H,4-5,9-10,12-19H2,1H3,(H,27,31). The summed E-state index contributed by atoms with van der Waals surface area (Å²) < 4.78 is 0. The van der Waals surface area contributed by atoms with E-state index in [1.54, 1.807) is 0 Å². The van der Waals surface area contributed by atoms with Gasteiger partial charge in [0, 0.05) is 74.1 Å². The molecule has 178 valence electrons. The van der Waals surface area contributed by atoms with Crippen LogP contribution in [0.4, 0.5) is 5.82 Å². The normalized spacial score (nSPS) is 21.4. The van der Waals surface area contributed by atoms with Gasteiger partial charge in [0.15, 0.2) is 0 Å². The first-order valence-corrected chi connectivity index (χ1v) is 12.9. The number of anilines is 1. The number of carbonyl (C=O) groups is 2. The van der Waals surface area contributed by atoms with Crippen LogP contribution >= 0.6 is 11.3 Å². The molecule has 2 aromatic rings. The lowest BCUT2D eigenvalue weighted by Crippen LogP contribution is -2.51. The van der Waals surface area contributed by atoms with Gasteiger partial charge < -0.3 is 15.1 Å². The van der Waals surface area contributed by atoms with E-state index in [1.807, 2.05) is 40.6 Å². The lowest BCUT2D eigenvalue weighted by atomic mass is 9.97. The zero-order valence-electron chi connectivity index (χ0n) is 19.5. The summed E-state index contributed by atoms with van der Waals surface area (Å²) >= 11 is 1.82. The fourth-order valence-electron chi connectivity index (χ4n) is 4.70. The molecule has 0 aliphatic carbocycles. The molecule has 1 unspecified atom stereocenters. The largest absolute Gasteiger partial charge is 0.356 e. The van der Waals surface area contributed by atoms with Crippen LogP contribution in [0.15, 0.2) is 36.5 Å².